The van der Waals surface area contributed by atoms with Crippen LogP contribution in [0.5, 0.6) is 5.75 Å². The number of methoxy groups -OCH3 is 1. The Bertz CT molecular complexity index is 1340. The van der Waals surface area contributed by atoms with E-state index in [9.17, 15) is 19.1 Å². The molecule has 0 radical (unpaired) electrons. The fraction of sp³-hybridized carbons (Fsp3) is 0.241. The van der Waals surface area contributed by atoms with Crippen molar-refractivity contribution in [2.45, 2.75) is 38.8 Å². The molecule has 4 rings (SSSR count). The maximum atomic E-state index is 13.5. The predicted molar refractivity (Wildman–Crippen MR) is 137 cm³/mol. The molecule has 1 atom stereocenters. The number of carbonyl (C=O) groups is 2. The number of benzene rings is 3. The van der Waals surface area contributed by atoms with Gasteiger partial charge in [-0.25, -0.2) is 4.39 Å². The number of rotatable bonds is 5. The third-order valence-corrected chi connectivity index (χ3v) is 6.66. The van der Waals surface area contributed by atoms with Crippen LogP contribution in [0, 0.1) is 5.82 Å². The van der Waals surface area contributed by atoms with Crippen molar-refractivity contribution in [3.05, 3.63) is 105 Å². The van der Waals surface area contributed by atoms with Crippen LogP contribution in [0.2, 0.25) is 5.02 Å². The van der Waals surface area contributed by atoms with Gasteiger partial charge in [0.05, 0.1) is 23.7 Å². The van der Waals surface area contributed by atoms with Gasteiger partial charge in [-0.2, -0.15) is 0 Å². The smallest absolute Gasteiger partial charge is 0.295 e. The molecule has 1 aliphatic heterocycles. The number of likely N-dealkylation sites (tertiary alicyclic amines) is 1. The van der Waals surface area contributed by atoms with E-state index in [0.717, 1.165) is 5.56 Å². The van der Waals surface area contributed by atoms with E-state index in [-0.39, 0.29) is 33.9 Å². The van der Waals surface area contributed by atoms with Crippen LogP contribution in [0.3, 0.4) is 0 Å². The molecule has 7 heteroatoms. The lowest BCUT2D eigenvalue weighted by molar-refractivity contribution is -0.140. The predicted octanol–water partition coefficient (Wildman–Crippen LogP) is 6.41. The minimum absolute atomic E-state index is 0.0547. The van der Waals surface area contributed by atoms with Crippen LogP contribution in [-0.4, -0.2) is 28.8 Å². The standard InChI is InChI=1S/C29H27ClFNO4/c1-29(2,3)19-9-7-18(8-10-19)25-24(26(33)22-15-21(36-4)13-14-23(22)30)27(34)28(35)32(25)16-17-5-11-20(31)12-6-17/h5-15,25,33H,16H2,1-4H3/b26-24+. The highest BCUT2D eigenvalue weighted by molar-refractivity contribution is 6.47. The van der Waals surface area contributed by atoms with Crippen molar-refractivity contribution < 1.29 is 23.8 Å². The monoisotopic (exact) mass is 507 g/mol. The molecule has 1 amide bonds. The van der Waals surface area contributed by atoms with E-state index in [2.05, 4.69) is 20.8 Å². The van der Waals surface area contributed by atoms with E-state index in [1.54, 1.807) is 24.3 Å². The van der Waals surface area contributed by atoms with Gasteiger partial charge in [0.2, 0.25) is 0 Å². The Kier molecular flexibility index (Phi) is 6.92. The number of aliphatic hydroxyl groups excluding tert-OH is 1. The summed E-state index contributed by atoms with van der Waals surface area (Å²) in [6.45, 7) is 6.33. The molecular weight excluding hydrogens is 481 g/mol. The van der Waals surface area contributed by atoms with Gasteiger partial charge < -0.3 is 14.7 Å². The Balaban J connectivity index is 1.88. The molecule has 0 bridgehead atoms. The molecule has 3 aromatic carbocycles. The third-order valence-electron chi connectivity index (χ3n) is 6.33. The quantitative estimate of drug-likeness (QED) is 0.246. The molecule has 36 heavy (non-hydrogen) atoms. The molecular formula is C29H27ClFNO4. The zero-order valence-electron chi connectivity index (χ0n) is 20.5. The minimum atomic E-state index is -0.869. The number of halogens is 2. The Morgan fingerprint density at radius 1 is 1.03 bits per heavy atom. The van der Waals surface area contributed by atoms with Crippen LogP contribution >= 0.6 is 11.6 Å². The first-order chi connectivity index (χ1) is 17.0. The molecule has 1 aliphatic rings. The van der Waals surface area contributed by atoms with Crippen molar-refractivity contribution >= 4 is 29.1 Å². The van der Waals surface area contributed by atoms with Gasteiger partial charge in [0, 0.05) is 12.1 Å². The van der Waals surface area contributed by atoms with Gasteiger partial charge in [-0.1, -0.05) is 68.8 Å². The molecule has 0 aliphatic carbocycles. The number of ether oxygens (including phenoxy) is 1. The van der Waals surface area contributed by atoms with Crippen LogP contribution in [0.15, 0.2) is 72.3 Å². The molecule has 1 N–H and O–H groups in total. The lowest BCUT2D eigenvalue weighted by Crippen LogP contribution is -2.29. The maximum absolute atomic E-state index is 13.5. The molecule has 1 saturated heterocycles. The van der Waals surface area contributed by atoms with E-state index >= 15 is 0 Å². The van der Waals surface area contributed by atoms with E-state index in [1.165, 1.54) is 30.2 Å². The third kappa shape index (κ3) is 4.86. The Hall–Kier alpha value is -3.64. The van der Waals surface area contributed by atoms with Gasteiger partial charge >= 0.3 is 0 Å². The van der Waals surface area contributed by atoms with Crippen molar-refractivity contribution in [2.24, 2.45) is 0 Å². The highest BCUT2D eigenvalue weighted by atomic mass is 35.5. The topological polar surface area (TPSA) is 66.8 Å². The van der Waals surface area contributed by atoms with Crippen molar-refractivity contribution in [3.8, 4) is 5.75 Å². The SMILES string of the molecule is COc1ccc(Cl)c(/C(O)=C2\C(=O)C(=O)N(Cc3ccc(F)cc3)C2c2ccc(C(C)(C)C)cc2)c1. The molecule has 5 nitrogen and oxygen atoms in total. The molecule has 1 fully saturated rings. The average Bonchev–Trinajstić information content (AvgIpc) is 3.09. The van der Waals surface area contributed by atoms with Crippen molar-refractivity contribution in [3.63, 3.8) is 0 Å². The Morgan fingerprint density at radius 3 is 2.25 bits per heavy atom. The number of hydrogen-bond donors (Lipinski definition) is 1. The number of nitrogens with zero attached hydrogens (tertiary/aromatic N) is 1. The molecule has 0 saturated carbocycles. The van der Waals surface area contributed by atoms with Crippen LogP contribution < -0.4 is 4.74 Å². The zero-order chi connectivity index (χ0) is 26.2. The summed E-state index contributed by atoms with van der Waals surface area (Å²) in [5.74, 6) is -1.93. The summed E-state index contributed by atoms with van der Waals surface area (Å²) >= 11 is 6.36. The van der Waals surface area contributed by atoms with Crippen LogP contribution in [0.25, 0.3) is 5.76 Å². The number of ketones is 1. The number of amides is 1. The summed E-state index contributed by atoms with van der Waals surface area (Å²) in [7, 11) is 1.48. The second-order valence-corrected chi connectivity index (χ2v) is 10.2. The van der Waals surface area contributed by atoms with Gasteiger partial charge in [-0.05, 0) is 52.4 Å². The van der Waals surface area contributed by atoms with Gasteiger partial charge in [0.15, 0.2) is 0 Å². The summed E-state index contributed by atoms with van der Waals surface area (Å²) in [6, 6.07) is 17.2. The van der Waals surface area contributed by atoms with Crippen molar-refractivity contribution in [1.82, 2.24) is 4.90 Å². The lowest BCUT2D eigenvalue weighted by atomic mass is 9.85. The summed E-state index contributed by atoms with van der Waals surface area (Å²) in [4.78, 5) is 27.9. The van der Waals surface area contributed by atoms with E-state index < -0.39 is 23.5 Å². The molecule has 1 unspecified atom stereocenters. The van der Waals surface area contributed by atoms with E-state index in [4.69, 9.17) is 16.3 Å². The Morgan fingerprint density at radius 2 is 1.67 bits per heavy atom. The van der Waals surface area contributed by atoms with E-state index in [1.807, 2.05) is 24.3 Å². The molecule has 1 heterocycles. The minimum Gasteiger partial charge on any atom is -0.507 e. The highest BCUT2D eigenvalue weighted by Crippen LogP contribution is 2.42. The zero-order valence-corrected chi connectivity index (χ0v) is 21.3. The fourth-order valence-corrected chi connectivity index (χ4v) is 4.51. The van der Waals surface area contributed by atoms with Gasteiger partial charge in [0.1, 0.15) is 17.3 Å². The lowest BCUT2D eigenvalue weighted by Gasteiger charge is -2.26. The molecule has 0 aromatic heterocycles. The van der Waals surface area contributed by atoms with Gasteiger partial charge in [-0.3, -0.25) is 9.59 Å². The number of hydrogen-bond acceptors (Lipinski definition) is 4. The number of aliphatic hydroxyl groups is 1. The van der Waals surface area contributed by atoms with Gasteiger partial charge in [0.25, 0.3) is 11.7 Å². The summed E-state index contributed by atoms with van der Waals surface area (Å²) < 4.78 is 18.7. The molecule has 0 spiro atoms. The van der Waals surface area contributed by atoms with Crippen molar-refractivity contribution in [1.29, 1.82) is 0 Å². The second kappa shape index (κ2) is 9.78. The normalized spacial score (nSPS) is 17.5. The first-order valence-electron chi connectivity index (χ1n) is 11.5. The van der Waals surface area contributed by atoms with Crippen LogP contribution in [0.1, 0.15) is 49.1 Å². The van der Waals surface area contributed by atoms with Crippen LogP contribution in [-0.2, 0) is 21.5 Å². The first kappa shape index (κ1) is 25.5. The first-order valence-corrected chi connectivity index (χ1v) is 11.9. The summed E-state index contributed by atoms with van der Waals surface area (Å²) in [5, 5.41) is 11.5. The fourth-order valence-electron chi connectivity index (χ4n) is 4.30. The molecule has 186 valence electrons. The van der Waals surface area contributed by atoms with Crippen molar-refractivity contribution in [2.75, 3.05) is 7.11 Å². The largest absolute Gasteiger partial charge is 0.507 e. The number of carbonyl (C=O) groups excluding carboxylic acids is 2. The van der Waals surface area contributed by atoms with Gasteiger partial charge in [-0.15, -0.1) is 0 Å². The second-order valence-electron chi connectivity index (χ2n) is 9.77. The van der Waals surface area contributed by atoms with Crippen LogP contribution in [0.4, 0.5) is 4.39 Å². The highest BCUT2D eigenvalue weighted by Gasteiger charge is 2.46. The summed E-state index contributed by atoms with van der Waals surface area (Å²) in [6.07, 6.45) is 0. The summed E-state index contributed by atoms with van der Waals surface area (Å²) in [5.41, 5.74) is 2.41. The Labute approximate surface area is 214 Å². The maximum Gasteiger partial charge on any atom is 0.295 e. The average molecular weight is 508 g/mol. The molecule has 3 aromatic rings. The number of Topliss-reactive ketones (excluding diaryl/α,β-unsaturated/α-hetero) is 1. The van der Waals surface area contributed by atoms with E-state index in [0.29, 0.717) is 16.9 Å².